The molecule has 1 saturated heterocycles. The summed E-state index contributed by atoms with van der Waals surface area (Å²) in [6.07, 6.45) is 3.03. The van der Waals surface area contributed by atoms with Crippen molar-refractivity contribution >= 4 is 11.6 Å². The first-order valence-corrected chi connectivity index (χ1v) is 10.2. The predicted octanol–water partition coefficient (Wildman–Crippen LogP) is 3.19. The van der Waals surface area contributed by atoms with Crippen molar-refractivity contribution in [1.29, 1.82) is 0 Å². The number of aryl methyl sites for hydroxylation is 1. The van der Waals surface area contributed by atoms with Crippen LogP contribution in [0.3, 0.4) is 0 Å². The van der Waals surface area contributed by atoms with Gasteiger partial charge in [-0.15, -0.1) is 0 Å². The SMILES string of the molecule is O=C1CCc2ccc(OCC(O)CN3CCC(c4ccccc4)CC3)cc2N1. The Morgan fingerprint density at radius 3 is 2.68 bits per heavy atom. The predicted molar refractivity (Wildman–Crippen MR) is 110 cm³/mol. The molecule has 0 aromatic heterocycles. The summed E-state index contributed by atoms with van der Waals surface area (Å²) in [7, 11) is 0. The standard InChI is InChI=1S/C23H28N2O3/c26-20(15-25-12-10-18(11-13-25)17-4-2-1-3-5-17)16-28-21-8-6-19-7-9-23(27)24-22(19)14-21/h1-6,8,14,18,20,26H,7,9-13,15-16H2,(H,24,27). The van der Waals surface area contributed by atoms with E-state index in [-0.39, 0.29) is 12.5 Å². The van der Waals surface area contributed by atoms with Gasteiger partial charge in [0.2, 0.25) is 5.91 Å². The van der Waals surface area contributed by atoms with Crippen LogP contribution in [0.25, 0.3) is 0 Å². The van der Waals surface area contributed by atoms with Gasteiger partial charge in [0.05, 0.1) is 0 Å². The molecule has 2 aliphatic heterocycles. The van der Waals surface area contributed by atoms with Crippen LogP contribution in [0.4, 0.5) is 5.69 Å². The first-order valence-electron chi connectivity index (χ1n) is 10.2. The number of benzene rings is 2. The Morgan fingerprint density at radius 1 is 1.11 bits per heavy atom. The van der Waals surface area contributed by atoms with Gasteiger partial charge >= 0.3 is 0 Å². The molecular weight excluding hydrogens is 352 g/mol. The van der Waals surface area contributed by atoms with Gasteiger partial charge in [-0.1, -0.05) is 36.4 Å². The van der Waals surface area contributed by atoms with Crippen LogP contribution in [-0.4, -0.2) is 48.3 Å². The van der Waals surface area contributed by atoms with Crippen LogP contribution in [0.2, 0.25) is 0 Å². The van der Waals surface area contributed by atoms with Crippen molar-refractivity contribution in [3.8, 4) is 5.75 Å². The lowest BCUT2D eigenvalue weighted by atomic mass is 9.89. The summed E-state index contributed by atoms with van der Waals surface area (Å²) in [5.74, 6) is 1.35. The highest BCUT2D eigenvalue weighted by Crippen LogP contribution is 2.28. The van der Waals surface area contributed by atoms with E-state index in [2.05, 4.69) is 40.5 Å². The van der Waals surface area contributed by atoms with Gasteiger partial charge in [0.1, 0.15) is 18.5 Å². The number of likely N-dealkylation sites (tertiary alicyclic amines) is 1. The highest BCUT2D eigenvalue weighted by atomic mass is 16.5. The van der Waals surface area contributed by atoms with Crippen LogP contribution < -0.4 is 10.1 Å². The number of β-amino-alcohol motifs (C(OH)–C–C–N with tert-alkyl or cyclic N) is 1. The van der Waals surface area contributed by atoms with Crippen molar-refractivity contribution in [1.82, 2.24) is 4.90 Å². The van der Waals surface area contributed by atoms with E-state index in [0.717, 1.165) is 43.6 Å². The fourth-order valence-corrected chi connectivity index (χ4v) is 4.16. The molecule has 5 nitrogen and oxygen atoms in total. The quantitative estimate of drug-likeness (QED) is 0.808. The summed E-state index contributed by atoms with van der Waals surface area (Å²) >= 11 is 0. The molecule has 4 rings (SSSR count). The van der Waals surface area contributed by atoms with Crippen LogP contribution in [0, 0.1) is 0 Å². The third kappa shape index (κ3) is 4.72. The molecule has 28 heavy (non-hydrogen) atoms. The second-order valence-corrected chi connectivity index (χ2v) is 7.82. The van der Waals surface area contributed by atoms with Gasteiger partial charge in [-0.2, -0.15) is 0 Å². The minimum Gasteiger partial charge on any atom is -0.491 e. The molecular formula is C23H28N2O3. The zero-order valence-corrected chi connectivity index (χ0v) is 16.1. The first-order chi connectivity index (χ1) is 13.7. The van der Waals surface area contributed by atoms with Crippen molar-refractivity contribution in [3.63, 3.8) is 0 Å². The molecule has 2 aromatic carbocycles. The Bertz CT molecular complexity index is 801. The number of anilines is 1. The minimum atomic E-state index is -0.529. The fraction of sp³-hybridized carbons (Fsp3) is 0.435. The highest BCUT2D eigenvalue weighted by Gasteiger charge is 2.22. The van der Waals surface area contributed by atoms with Crippen LogP contribution >= 0.6 is 0 Å². The van der Waals surface area contributed by atoms with Gasteiger partial charge in [0.25, 0.3) is 0 Å². The molecule has 0 saturated carbocycles. The Kier molecular flexibility index (Phi) is 5.93. The van der Waals surface area contributed by atoms with Gasteiger partial charge in [-0.05, 0) is 55.5 Å². The maximum Gasteiger partial charge on any atom is 0.224 e. The van der Waals surface area contributed by atoms with Crippen molar-refractivity contribution in [2.24, 2.45) is 0 Å². The summed E-state index contributed by atoms with van der Waals surface area (Å²) in [4.78, 5) is 13.9. The molecule has 1 unspecified atom stereocenters. The molecule has 2 N–H and O–H groups in total. The lowest BCUT2D eigenvalue weighted by molar-refractivity contribution is -0.116. The van der Waals surface area contributed by atoms with Crippen molar-refractivity contribution in [2.75, 3.05) is 31.6 Å². The Labute approximate surface area is 166 Å². The average Bonchev–Trinajstić information content (AvgIpc) is 2.73. The number of carbonyl (C=O) groups is 1. The summed E-state index contributed by atoms with van der Waals surface area (Å²) in [5.41, 5.74) is 3.38. The third-order valence-electron chi connectivity index (χ3n) is 5.75. The van der Waals surface area contributed by atoms with E-state index in [4.69, 9.17) is 4.74 Å². The number of ether oxygens (including phenoxy) is 1. The number of hydrogen-bond donors (Lipinski definition) is 2. The molecule has 0 bridgehead atoms. The highest BCUT2D eigenvalue weighted by molar-refractivity contribution is 5.94. The van der Waals surface area contributed by atoms with Crippen LogP contribution in [0.5, 0.6) is 5.75 Å². The number of amides is 1. The number of piperidine rings is 1. The molecule has 0 aliphatic carbocycles. The van der Waals surface area contributed by atoms with E-state index in [1.165, 1.54) is 5.56 Å². The average molecular weight is 380 g/mol. The molecule has 5 heteroatoms. The Hall–Kier alpha value is -2.37. The molecule has 0 spiro atoms. The van der Waals surface area contributed by atoms with Gasteiger partial charge in [-0.3, -0.25) is 4.79 Å². The molecule has 0 radical (unpaired) electrons. The summed E-state index contributed by atoms with van der Waals surface area (Å²) in [6, 6.07) is 16.5. The third-order valence-corrected chi connectivity index (χ3v) is 5.75. The topological polar surface area (TPSA) is 61.8 Å². The van der Waals surface area contributed by atoms with Gasteiger partial charge in [-0.25, -0.2) is 0 Å². The summed E-state index contributed by atoms with van der Waals surface area (Å²) in [6.45, 7) is 2.89. The number of carbonyl (C=O) groups excluding carboxylic acids is 1. The number of nitrogens with one attached hydrogen (secondary N) is 1. The van der Waals surface area contributed by atoms with E-state index < -0.39 is 6.10 Å². The summed E-state index contributed by atoms with van der Waals surface area (Å²) in [5, 5.41) is 13.3. The van der Waals surface area contributed by atoms with Crippen LogP contribution in [0.15, 0.2) is 48.5 Å². The maximum absolute atomic E-state index is 11.5. The molecule has 1 atom stereocenters. The van der Waals surface area contributed by atoms with Crippen LogP contribution in [0.1, 0.15) is 36.3 Å². The van der Waals surface area contributed by atoms with Gasteiger partial charge in [0.15, 0.2) is 0 Å². The number of rotatable bonds is 6. The van der Waals surface area contributed by atoms with Gasteiger partial charge < -0.3 is 20.1 Å². The van der Waals surface area contributed by atoms with E-state index >= 15 is 0 Å². The number of nitrogens with zero attached hydrogens (tertiary/aromatic N) is 1. The van der Waals surface area contributed by atoms with E-state index in [1.54, 1.807) is 0 Å². The van der Waals surface area contributed by atoms with Crippen LogP contribution in [-0.2, 0) is 11.2 Å². The van der Waals surface area contributed by atoms with Crippen molar-refractivity contribution in [3.05, 3.63) is 59.7 Å². The Morgan fingerprint density at radius 2 is 1.89 bits per heavy atom. The minimum absolute atomic E-state index is 0.0450. The monoisotopic (exact) mass is 380 g/mol. The molecule has 2 aliphatic rings. The normalized spacial score (nSPS) is 19.0. The molecule has 1 fully saturated rings. The van der Waals surface area contributed by atoms with E-state index in [9.17, 15) is 9.90 Å². The molecule has 148 valence electrons. The second kappa shape index (κ2) is 8.76. The second-order valence-electron chi connectivity index (χ2n) is 7.82. The first kappa shape index (κ1) is 19.0. The number of aliphatic hydroxyl groups excluding tert-OH is 1. The van der Waals surface area contributed by atoms with Crippen molar-refractivity contribution in [2.45, 2.75) is 37.7 Å². The number of fused-ring (bicyclic) bond motifs is 1. The van der Waals surface area contributed by atoms with E-state index in [0.29, 0.717) is 24.6 Å². The van der Waals surface area contributed by atoms with E-state index in [1.807, 2.05) is 18.2 Å². The number of hydrogen-bond acceptors (Lipinski definition) is 4. The lowest BCUT2D eigenvalue weighted by Gasteiger charge is -2.33. The smallest absolute Gasteiger partial charge is 0.224 e. The zero-order valence-electron chi connectivity index (χ0n) is 16.1. The zero-order chi connectivity index (χ0) is 19.3. The summed E-state index contributed by atoms with van der Waals surface area (Å²) < 4.78 is 5.77. The number of aliphatic hydroxyl groups is 1. The molecule has 2 aromatic rings. The maximum atomic E-state index is 11.5. The Balaban J connectivity index is 1.23. The molecule has 1 amide bonds. The fourth-order valence-electron chi connectivity index (χ4n) is 4.16. The van der Waals surface area contributed by atoms with Gasteiger partial charge in [0, 0.05) is 24.7 Å². The largest absolute Gasteiger partial charge is 0.491 e. The van der Waals surface area contributed by atoms with Crippen molar-refractivity contribution < 1.29 is 14.6 Å². The molecule has 2 heterocycles. The lowest BCUT2D eigenvalue weighted by Crippen LogP contribution is -2.40.